The molecule has 1 aliphatic carbocycles. The van der Waals surface area contributed by atoms with Gasteiger partial charge in [-0.3, -0.25) is 4.79 Å². The molecule has 1 aromatic carbocycles. The number of aliphatic carboxylic acids is 1. The number of benzene rings is 1. The van der Waals surface area contributed by atoms with Crippen molar-refractivity contribution in [1.82, 2.24) is 5.32 Å². The van der Waals surface area contributed by atoms with Gasteiger partial charge in [-0.2, -0.15) is 0 Å². The molecule has 0 fully saturated rings. The summed E-state index contributed by atoms with van der Waals surface area (Å²) in [5, 5.41) is 12.5. The van der Waals surface area contributed by atoms with Crippen molar-refractivity contribution in [3.63, 3.8) is 0 Å². The molecule has 2 N–H and O–H groups in total. The Balaban J connectivity index is 1.59. The number of hydrogen-bond donors (Lipinski definition) is 2. The Hall–Kier alpha value is -1.65. The number of carbonyl (C=O) groups is 1. The number of ether oxygens (including phenoxy) is 1. The van der Waals surface area contributed by atoms with E-state index in [0.29, 0.717) is 19.4 Å². The molecule has 3 rings (SSSR count). The van der Waals surface area contributed by atoms with Gasteiger partial charge in [-0.05, 0) is 36.0 Å². The average Bonchev–Trinajstić information content (AvgIpc) is 2.53. The van der Waals surface area contributed by atoms with Crippen LogP contribution in [0, 0.1) is 5.92 Å². The first-order chi connectivity index (χ1) is 10.2. The third-order valence-corrected chi connectivity index (χ3v) is 4.29. The van der Waals surface area contributed by atoms with Crippen molar-refractivity contribution >= 4 is 5.97 Å². The number of carboxylic acid groups (broad SMARTS) is 1. The Morgan fingerprint density at radius 1 is 1.38 bits per heavy atom. The predicted molar refractivity (Wildman–Crippen MR) is 79.9 cm³/mol. The van der Waals surface area contributed by atoms with Gasteiger partial charge >= 0.3 is 5.97 Å². The van der Waals surface area contributed by atoms with Crippen LogP contribution in [0.1, 0.15) is 29.5 Å². The fourth-order valence-electron chi connectivity index (χ4n) is 3.02. The minimum atomic E-state index is -0.695. The molecule has 4 nitrogen and oxygen atoms in total. The third kappa shape index (κ3) is 3.52. The van der Waals surface area contributed by atoms with E-state index >= 15 is 0 Å². The van der Waals surface area contributed by atoms with Crippen LogP contribution in [0.2, 0.25) is 0 Å². The molecular weight excluding hydrogens is 266 g/mol. The van der Waals surface area contributed by atoms with Crippen molar-refractivity contribution < 1.29 is 14.6 Å². The topological polar surface area (TPSA) is 58.6 Å². The summed E-state index contributed by atoms with van der Waals surface area (Å²) in [6.45, 7) is 2.29. The SMILES string of the molecule is O=C(O)[C@@H]1CC=C[C@@H](NCc2ccc3c(c2)CCOC3)C1. The van der Waals surface area contributed by atoms with Crippen molar-refractivity contribution in [2.75, 3.05) is 6.61 Å². The van der Waals surface area contributed by atoms with Gasteiger partial charge < -0.3 is 15.2 Å². The normalized spacial score (nSPS) is 24.6. The summed E-state index contributed by atoms with van der Waals surface area (Å²) >= 11 is 0. The van der Waals surface area contributed by atoms with E-state index < -0.39 is 5.97 Å². The summed E-state index contributed by atoms with van der Waals surface area (Å²) < 4.78 is 5.44. The van der Waals surface area contributed by atoms with Gasteiger partial charge in [-0.15, -0.1) is 0 Å². The van der Waals surface area contributed by atoms with Crippen LogP contribution in [0.5, 0.6) is 0 Å². The van der Waals surface area contributed by atoms with E-state index in [1.54, 1.807) is 0 Å². The number of hydrogen-bond acceptors (Lipinski definition) is 3. The van der Waals surface area contributed by atoms with Crippen LogP contribution in [0.15, 0.2) is 30.4 Å². The summed E-state index contributed by atoms with van der Waals surface area (Å²) in [6, 6.07) is 6.66. The fourth-order valence-corrected chi connectivity index (χ4v) is 3.02. The van der Waals surface area contributed by atoms with E-state index in [2.05, 4.69) is 29.6 Å². The molecular formula is C17H21NO3. The monoisotopic (exact) mass is 287 g/mol. The summed E-state index contributed by atoms with van der Waals surface area (Å²) in [6.07, 6.45) is 6.36. The summed E-state index contributed by atoms with van der Waals surface area (Å²) in [4.78, 5) is 11.1. The molecule has 4 heteroatoms. The highest BCUT2D eigenvalue weighted by Gasteiger charge is 2.23. The maximum Gasteiger partial charge on any atom is 0.306 e. The van der Waals surface area contributed by atoms with Crippen LogP contribution >= 0.6 is 0 Å². The number of allylic oxidation sites excluding steroid dienone is 1. The molecule has 0 saturated carbocycles. The Bertz CT molecular complexity index is 553. The highest BCUT2D eigenvalue weighted by atomic mass is 16.5. The van der Waals surface area contributed by atoms with E-state index in [0.717, 1.165) is 19.6 Å². The minimum absolute atomic E-state index is 0.152. The largest absolute Gasteiger partial charge is 0.481 e. The first kappa shape index (κ1) is 14.3. The summed E-state index contributed by atoms with van der Waals surface area (Å²) in [5.41, 5.74) is 3.91. The van der Waals surface area contributed by atoms with Gasteiger partial charge in [0.15, 0.2) is 0 Å². The summed E-state index contributed by atoms with van der Waals surface area (Å²) in [7, 11) is 0. The van der Waals surface area contributed by atoms with Gasteiger partial charge in [0, 0.05) is 12.6 Å². The Labute approximate surface area is 124 Å². The van der Waals surface area contributed by atoms with E-state index in [-0.39, 0.29) is 12.0 Å². The molecule has 112 valence electrons. The molecule has 2 atom stereocenters. The van der Waals surface area contributed by atoms with Crippen LogP contribution in [-0.2, 0) is 29.1 Å². The van der Waals surface area contributed by atoms with Crippen LogP contribution in [0.3, 0.4) is 0 Å². The van der Waals surface area contributed by atoms with Crippen molar-refractivity contribution in [2.45, 2.75) is 38.5 Å². The molecule has 1 aromatic rings. The maximum absolute atomic E-state index is 11.1. The second kappa shape index (κ2) is 6.41. The molecule has 0 amide bonds. The van der Waals surface area contributed by atoms with Gasteiger partial charge in [0.25, 0.3) is 0 Å². The standard InChI is InChI=1S/C17H21NO3/c19-17(20)14-2-1-3-16(9-14)18-10-12-4-5-15-11-21-7-6-13(15)8-12/h1,3-5,8,14,16,18H,2,6-7,9-11H2,(H,19,20)/t14-,16-/m1/s1. The Morgan fingerprint density at radius 2 is 2.29 bits per heavy atom. The lowest BCUT2D eigenvalue weighted by Crippen LogP contribution is -2.33. The number of rotatable bonds is 4. The first-order valence-corrected chi connectivity index (χ1v) is 7.53. The minimum Gasteiger partial charge on any atom is -0.481 e. The highest BCUT2D eigenvalue weighted by Crippen LogP contribution is 2.21. The highest BCUT2D eigenvalue weighted by molar-refractivity contribution is 5.70. The van der Waals surface area contributed by atoms with Gasteiger partial charge in [0.2, 0.25) is 0 Å². The molecule has 1 aliphatic heterocycles. The van der Waals surface area contributed by atoms with E-state index in [1.165, 1.54) is 16.7 Å². The average molecular weight is 287 g/mol. The lowest BCUT2D eigenvalue weighted by molar-refractivity contribution is -0.142. The van der Waals surface area contributed by atoms with E-state index in [4.69, 9.17) is 9.84 Å². The van der Waals surface area contributed by atoms with E-state index in [1.807, 2.05) is 6.08 Å². The number of nitrogens with one attached hydrogen (secondary N) is 1. The second-order valence-corrected chi connectivity index (χ2v) is 5.83. The molecule has 1 heterocycles. The van der Waals surface area contributed by atoms with E-state index in [9.17, 15) is 4.79 Å². The molecule has 0 unspecified atom stereocenters. The third-order valence-electron chi connectivity index (χ3n) is 4.29. The summed E-state index contributed by atoms with van der Waals surface area (Å²) in [5.74, 6) is -0.951. The first-order valence-electron chi connectivity index (χ1n) is 7.53. The van der Waals surface area contributed by atoms with Gasteiger partial charge in [-0.25, -0.2) is 0 Å². The smallest absolute Gasteiger partial charge is 0.306 e. The zero-order valence-corrected chi connectivity index (χ0v) is 12.0. The van der Waals surface area contributed by atoms with Crippen LogP contribution in [0.25, 0.3) is 0 Å². The molecule has 0 spiro atoms. The van der Waals surface area contributed by atoms with Gasteiger partial charge in [-0.1, -0.05) is 30.4 Å². The molecule has 21 heavy (non-hydrogen) atoms. The lowest BCUT2D eigenvalue weighted by atomic mass is 9.91. The molecule has 2 aliphatic rings. The number of carboxylic acids is 1. The molecule has 0 saturated heterocycles. The quantitative estimate of drug-likeness (QED) is 0.834. The maximum atomic E-state index is 11.1. The van der Waals surface area contributed by atoms with Crippen molar-refractivity contribution in [1.29, 1.82) is 0 Å². The van der Waals surface area contributed by atoms with Crippen molar-refractivity contribution in [3.05, 3.63) is 47.0 Å². The molecule has 0 aromatic heterocycles. The Morgan fingerprint density at radius 3 is 3.14 bits per heavy atom. The van der Waals surface area contributed by atoms with Crippen LogP contribution in [0.4, 0.5) is 0 Å². The molecule has 0 bridgehead atoms. The second-order valence-electron chi connectivity index (χ2n) is 5.83. The predicted octanol–water partition coefficient (Wildman–Crippen LogP) is 2.27. The van der Waals surface area contributed by atoms with Crippen LogP contribution in [-0.4, -0.2) is 23.7 Å². The zero-order valence-electron chi connectivity index (χ0n) is 12.0. The van der Waals surface area contributed by atoms with Gasteiger partial charge in [0.05, 0.1) is 19.1 Å². The van der Waals surface area contributed by atoms with Gasteiger partial charge in [0.1, 0.15) is 0 Å². The van der Waals surface area contributed by atoms with Crippen LogP contribution < -0.4 is 5.32 Å². The Kier molecular flexibility index (Phi) is 4.36. The number of fused-ring (bicyclic) bond motifs is 1. The van der Waals surface area contributed by atoms with Crippen molar-refractivity contribution in [2.24, 2.45) is 5.92 Å². The molecule has 0 radical (unpaired) electrons. The lowest BCUT2D eigenvalue weighted by Gasteiger charge is -2.23. The fraction of sp³-hybridized carbons (Fsp3) is 0.471. The zero-order chi connectivity index (χ0) is 14.7. The van der Waals surface area contributed by atoms with Crippen molar-refractivity contribution in [3.8, 4) is 0 Å².